The number of hydrogen-bond acceptors (Lipinski definition) is 3. The Labute approximate surface area is 122 Å². The Hall–Kier alpha value is -1.06. The van der Waals surface area contributed by atoms with Crippen LogP contribution in [-0.4, -0.2) is 25.4 Å². The van der Waals surface area contributed by atoms with Crippen LogP contribution in [0.15, 0.2) is 24.3 Å². The van der Waals surface area contributed by atoms with Gasteiger partial charge in [0, 0.05) is 6.61 Å². The van der Waals surface area contributed by atoms with E-state index >= 15 is 0 Å². The van der Waals surface area contributed by atoms with Crippen LogP contribution in [-0.2, 0) is 4.74 Å². The molecule has 1 aliphatic rings. The molecule has 1 N–H and O–H groups in total. The van der Waals surface area contributed by atoms with Crippen LogP contribution in [0.25, 0.3) is 0 Å². The van der Waals surface area contributed by atoms with Crippen molar-refractivity contribution in [3.63, 3.8) is 0 Å². The molecule has 0 saturated carbocycles. The van der Waals surface area contributed by atoms with Gasteiger partial charge in [-0.05, 0) is 64.8 Å². The van der Waals surface area contributed by atoms with Gasteiger partial charge in [-0.2, -0.15) is 0 Å². The molecule has 1 aromatic rings. The quantitative estimate of drug-likeness (QED) is 0.890. The molecular weight excluding hydrogens is 250 g/mol. The third kappa shape index (κ3) is 3.53. The molecule has 2 rings (SSSR count). The summed E-state index contributed by atoms with van der Waals surface area (Å²) in [4.78, 5) is 0. The van der Waals surface area contributed by atoms with Gasteiger partial charge in [0.1, 0.15) is 5.75 Å². The minimum atomic E-state index is -0.135. The summed E-state index contributed by atoms with van der Waals surface area (Å²) >= 11 is 0. The summed E-state index contributed by atoms with van der Waals surface area (Å²) in [6.07, 6.45) is 3.69. The predicted octanol–water partition coefficient (Wildman–Crippen LogP) is 3.69. The molecule has 1 fully saturated rings. The fraction of sp³-hybridized carbons (Fsp3) is 0.647. The van der Waals surface area contributed by atoms with Gasteiger partial charge in [0.2, 0.25) is 0 Å². The second kappa shape index (κ2) is 6.59. The van der Waals surface area contributed by atoms with E-state index in [1.807, 2.05) is 27.0 Å². The van der Waals surface area contributed by atoms with E-state index in [2.05, 4.69) is 30.4 Å². The first-order chi connectivity index (χ1) is 9.55. The van der Waals surface area contributed by atoms with Crippen LogP contribution in [0.4, 0.5) is 0 Å². The summed E-state index contributed by atoms with van der Waals surface area (Å²) in [6, 6.07) is 8.55. The largest absolute Gasteiger partial charge is 0.491 e. The van der Waals surface area contributed by atoms with E-state index in [0.717, 1.165) is 18.8 Å². The van der Waals surface area contributed by atoms with Gasteiger partial charge in [-0.3, -0.25) is 0 Å². The smallest absolute Gasteiger partial charge is 0.120 e. The van der Waals surface area contributed by atoms with Crippen LogP contribution in [0.2, 0.25) is 0 Å². The Morgan fingerprint density at radius 1 is 1.30 bits per heavy atom. The first kappa shape index (κ1) is 15.3. The summed E-state index contributed by atoms with van der Waals surface area (Å²) in [7, 11) is 2.00. The SMILES string of the molecule is CNC(c1cccc(OC(C)C)c1)C1(C)CCCCO1. The molecule has 0 aliphatic carbocycles. The Bertz CT molecular complexity index is 425. The van der Waals surface area contributed by atoms with Crippen LogP contribution < -0.4 is 10.1 Å². The zero-order valence-corrected chi connectivity index (χ0v) is 13.1. The topological polar surface area (TPSA) is 30.5 Å². The second-order valence-electron chi connectivity index (χ2n) is 6.08. The maximum absolute atomic E-state index is 6.09. The van der Waals surface area contributed by atoms with Gasteiger partial charge in [-0.1, -0.05) is 12.1 Å². The van der Waals surface area contributed by atoms with Crippen molar-refractivity contribution in [2.45, 2.75) is 57.8 Å². The van der Waals surface area contributed by atoms with Crippen LogP contribution >= 0.6 is 0 Å². The maximum atomic E-state index is 6.09. The van der Waals surface area contributed by atoms with Gasteiger partial charge >= 0.3 is 0 Å². The maximum Gasteiger partial charge on any atom is 0.120 e. The fourth-order valence-electron chi connectivity index (χ4n) is 3.05. The number of hydrogen-bond donors (Lipinski definition) is 1. The van der Waals surface area contributed by atoms with Crippen LogP contribution in [0.1, 0.15) is 51.6 Å². The molecule has 1 aromatic carbocycles. The highest BCUT2D eigenvalue weighted by Gasteiger charge is 2.37. The number of nitrogens with one attached hydrogen (secondary N) is 1. The van der Waals surface area contributed by atoms with Crippen molar-refractivity contribution >= 4 is 0 Å². The van der Waals surface area contributed by atoms with Crippen molar-refractivity contribution < 1.29 is 9.47 Å². The minimum Gasteiger partial charge on any atom is -0.491 e. The molecule has 112 valence electrons. The average molecular weight is 277 g/mol. The van der Waals surface area contributed by atoms with Crippen LogP contribution in [0.3, 0.4) is 0 Å². The molecule has 2 atom stereocenters. The highest BCUT2D eigenvalue weighted by Crippen LogP contribution is 2.37. The number of benzene rings is 1. The molecule has 0 bridgehead atoms. The van der Waals surface area contributed by atoms with Gasteiger partial charge in [-0.15, -0.1) is 0 Å². The van der Waals surface area contributed by atoms with Crippen molar-refractivity contribution in [1.82, 2.24) is 5.32 Å². The first-order valence-corrected chi connectivity index (χ1v) is 7.63. The van der Waals surface area contributed by atoms with Crippen molar-refractivity contribution in [2.24, 2.45) is 0 Å². The normalized spacial score (nSPS) is 24.6. The third-order valence-corrected chi connectivity index (χ3v) is 3.96. The van der Waals surface area contributed by atoms with E-state index in [9.17, 15) is 0 Å². The molecule has 0 spiro atoms. The summed E-state index contributed by atoms with van der Waals surface area (Å²) in [5.41, 5.74) is 1.10. The molecule has 0 radical (unpaired) electrons. The summed E-state index contributed by atoms with van der Waals surface area (Å²) in [6.45, 7) is 7.17. The van der Waals surface area contributed by atoms with Gasteiger partial charge in [-0.25, -0.2) is 0 Å². The molecule has 1 heterocycles. The lowest BCUT2D eigenvalue weighted by Crippen LogP contribution is -2.44. The molecule has 0 aromatic heterocycles. The van der Waals surface area contributed by atoms with Crippen LogP contribution in [0, 0.1) is 0 Å². The zero-order chi connectivity index (χ0) is 14.6. The van der Waals surface area contributed by atoms with E-state index in [1.165, 1.54) is 18.4 Å². The van der Waals surface area contributed by atoms with Gasteiger partial charge < -0.3 is 14.8 Å². The average Bonchev–Trinajstić information content (AvgIpc) is 2.39. The van der Waals surface area contributed by atoms with E-state index < -0.39 is 0 Å². The Morgan fingerprint density at radius 3 is 2.70 bits per heavy atom. The Kier molecular flexibility index (Phi) is 5.06. The van der Waals surface area contributed by atoms with Gasteiger partial charge in [0.15, 0.2) is 0 Å². The molecule has 3 nitrogen and oxygen atoms in total. The lowest BCUT2D eigenvalue weighted by Gasteiger charge is -2.40. The molecule has 1 saturated heterocycles. The van der Waals surface area contributed by atoms with E-state index in [-0.39, 0.29) is 17.7 Å². The number of ether oxygens (including phenoxy) is 2. The first-order valence-electron chi connectivity index (χ1n) is 7.63. The minimum absolute atomic E-state index is 0.135. The Morgan fingerprint density at radius 2 is 2.10 bits per heavy atom. The fourth-order valence-corrected chi connectivity index (χ4v) is 3.05. The molecule has 1 aliphatic heterocycles. The second-order valence-corrected chi connectivity index (χ2v) is 6.08. The molecular formula is C17H27NO2. The van der Waals surface area contributed by atoms with Gasteiger partial charge in [0.25, 0.3) is 0 Å². The summed E-state index contributed by atoms with van der Waals surface area (Å²) in [5.74, 6) is 0.928. The van der Waals surface area contributed by atoms with Crippen LogP contribution in [0.5, 0.6) is 5.75 Å². The summed E-state index contributed by atoms with van der Waals surface area (Å²) in [5, 5.41) is 3.43. The zero-order valence-electron chi connectivity index (χ0n) is 13.1. The molecule has 0 amide bonds. The highest BCUT2D eigenvalue weighted by atomic mass is 16.5. The van der Waals surface area contributed by atoms with E-state index in [4.69, 9.17) is 9.47 Å². The van der Waals surface area contributed by atoms with Crippen molar-refractivity contribution in [3.8, 4) is 5.75 Å². The van der Waals surface area contributed by atoms with Crippen molar-refractivity contribution in [2.75, 3.05) is 13.7 Å². The molecule has 20 heavy (non-hydrogen) atoms. The number of likely N-dealkylation sites (N-methyl/N-ethyl adjacent to an activating group) is 1. The lowest BCUT2D eigenvalue weighted by molar-refractivity contribution is -0.0884. The third-order valence-electron chi connectivity index (χ3n) is 3.96. The lowest BCUT2D eigenvalue weighted by atomic mass is 9.84. The monoisotopic (exact) mass is 277 g/mol. The van der Waals surface area contributed by atoms with E-state index in [1.54, 1.807) is 0 Å². The summed E-state index contributed by atoms with van der Waals surface area (Å²) < 4.78 is 11.9. The number of rotatable bonds is 5. The van der Waals surface area contributed by atoms with Crippen molar-refractivity contribution in [3.05, 3.63) is 29.8 Å². The predicted molar refractivity (Wildman–Crippen MR) is 82.2 cm³/mol. The highest BCUT2D eigenvalue weighted by molar-refractivity contribution is 5.32. The molecule has 2 unspecified atom stereocenters. The standard InChI is InChI=1S/C17H27NO2/c1-13(2)20-15-9-7-8-14(12-15)16(18-4)17(3)10-5-6-11-19-17/h7-9,12-13,16,18H,5-6,10-11H2,1-4H3. The Balaban J connectivity index is 2.22. The van der Waals surface area contributed by atoms with E-state index in [0.29, 0.717) is 0 Å². The van der Waals surface area contributed by atoms with Gasteiger partial charge in [0.05, 0.1) is 17.7 Å². The molecule has 3 heteroatoms. The van der Waals surface area contributed by atoms with Crippen molar-refractivity contribution in [1.29, 1.82) is 0 Å².